The van der Waals surface area contributed by atoms with Gasteiger partial charge in [0.2, 0.25) is 0 Å². The molecule has 0 aliphatic carbocycles. The van der Waals surface area contributed by atoms with Crippen molar-refractivity contribution in [2.75, 3.05) is 13.1 Å². The summed E-state index contributed by atoms with van der Waals surface area (Å²) in [7, 11) is 0. The molecule has 0 saturated carbocycles. The van der Waals surface area contributed by atoms with Crippen molar-refractivity contribution in [2.45, 2.75) is 25.6 Å². The number of carbonyl (C=O) groups excluding carboxylic acids is 1. The summed E-state index contributed by atoms with van der Waals surface area (Å²) in [4.78, 5) is 14.4. The largest absolute Gasteiger partial charge is 0.334 e. The van der Waals surface area contributed by atoms with E-state index in [-0.39, 0.29) is 12.1 Å². The number of halogens is 1. The van der Waals surface area contributed by atoms with E-state index in [4.69, 9.17) is 11.6 Å². The fraction of sp³-hybridized carbons (Fsp3) is 0.353. The van der Waals surface area contributed by atoms with E-state index in [1.165, 1.54) is 5.56 Å². The van der Waals surface area contributed by atoms with Crippen LogP contribution in [0.15, 0.2) is 41.1 Å². The SMILES string of the molecule is O=C(NCc1ccc(Cl)cc1)NC1CCN(Cc2ccsc2)C1. The van der Waals surface area contributed by atoms with Crippen LogP contribution in [-0.4, -0.2) is 30.1 Å². The van der Waals surface area contributed by atoms with Gasteiger partial charge in [-0.2, -0.15) is 11.3 Å². The molecule has 3 rings (SSSR count). The summed E-state index contributed by atoms with van der Waals surface area (Å²) >= 11 is 7.57. The second-order valence-corrected chi connectivity index (χ2v) is 7.02. The maximum Gasteiger partial charge on any atom is 0.315 e. The molecule has 1 aromatic carbocycles. The van der Waals surface area contributed by atoms with Gasteiger partial charge < -0.3 is 10.6 Å². The van der Waals surface area contributed by atoms with Crippen molar-refractivity contribution in [2.24, 2.45) is 0 Å². The fourth-order valence-corrected chi connectivity index (χ4v) is 3.54. The summed E-state index contributed by atoms with van der Waals surface area (Å²) in [6.07, 6.45) is 0.999. The molecule has 2 aromatic rings. The number of carbonyl (C=O) groups is 1. The first kappa shape index (κ1) is 16.3. The zero-order chi connectivity index (χ0) is 16.1. The Balaban J connectivity index is 1.39. The molecule has 1 aliphatic rings. The predicted octanol–water partition coefficient (Wildman–Crippen LogP) is 3.48. The minimum absolute atomic E-state index is 0.109. The first-order valence-electron chi connectivity index (χ1n) is 7.71. The van der Waals surface area contributed by atoms with Crippen LogP contribution in [0.2, 0.25) is 5.02 Å². The zero-order valence-corrected chi connectivity index (χ0v) is 14.4. The molecule has 0 radical (unpaired) electrons. The number of nitrogens with one attached hydrogen (secondary N) is 2. The van der Waals surface area contributed by atoms with Gasteiger partial charge in [-0.15, -0.1) is 0 Å². The Labute approximate surface area is 145 Å². The summed E-state index contributed by atoms with van der Waals surface area (Å²) in [5.74, 6) is 0. The topological polar surface area (TPSA) is 44.4 Å². The minimum Gasteiger partial charge on any atom is -0.334 e. The van der Waals surface area contributed by atoms with Crippen molar-refractivity contribution in [3.63, 3.8) is 0 Å². The van der Waals surface area contributed by atoms with Gasteiger partial charge in [0.05, 0.1) is 0 Å². The highest BCUT2D eigenvalue weighted by molar-refractivity contribution is 7.07. The smallest absolute Gasteiger partial charge is 0.315 e. The van der Waals surface area contributed by atoms with Gasteiger partial charge in [0.25, 0.3) is 0 Å². The summed E-state index contributed by atoms with van der Waals surface area (Å²) in [5, 5.41) is 10.9. The molecule has 1 aromatic heterocycles. The van der Waals surface area contributed by atoms with Gasteiger partial charge in [-0.1, -0.05) is 23.7 Å². The Kier molecular flexibility index (Phi) is 5.54. The molecule has 23 heavy (non-hydrogen) atoms. The Bertz CT molecular complexity index is 630. The van der Waals surface area contributed by atoms with Crippen molar-refractivity contribution < 1.29 is 4.79 Å². The molecule has 4 nitrogen and oxygen atoms in total. The zero-order valence-electron chi connectivity index (χ0n) is 12.8. The number of hydrogen-bond acceptors (Lipinski definition) is 3. The highest BCUT2D eigenvalue weighted by Gasteiger charge is 2.23. The van der Waals surface area contributed by atoms with Gasteiger partial charge in [-0.25, -0.2) is 4.79 Å². The molecule has 2 heterocycles. The lowest BCUT2D eigenvalue weighted by Gasteiger charge is -2.16. The molecule has 122 valence electrons. The summed E-state index contributed by atoms with van der Waals surface area (Å²) < 4.78 is 0. The lowest BCUT2D eigenvalue weighted by molar-refractivity contribution is 0.235. The van der Waals surface area contributed by atoms with E-state index in [1.807, 2.05) is 24.3 Å². The van der Waals surface area contributed by atoms with E-state index in [0.29, 0.717) is 11.6 Å². The highest BCUT2D eigenvalue weighted by Crippen LogP contribution is 2.15. The molecular formula is C17H20ClN3OS. The summed E-state index contributed by atoms with van der Waals surface area (Å²) in [5.41, 5.74) is 2.39. The van der Waals surface area contributed by atoms with E-state index in [1.54, 1.807) is 11.3 Å². The molecule has 2 amide bonds. The number of hydrogen-bond donors (Lipinski definition) is 2. The third kappa shape index (κ3) is 4.96. The van der Waals surface area contributed by atoms with Crippen LogP contribution < -0.4 is 10.6 Å². The Hall–Kier alpha value is -1.56. The third-order valence-corrected chi connectivity index (χ3v) is 4.94. The van der Waals surface area contributed by atoms with Gasteiger partial charge in [0.1, 0.15) is 0 Å². The molecule has 1 unspecified atom stereocenters. The number of rotatable bonds is 5. The molecule has 1 saturated heterocycles. The van der Waals surface area contributed by atoms with Gasteiger partial charge in [0.15, 0.2) is 0 Å². The summed E-state index contributed by atoms with van der Waals surface area (Å²) in [6.45, 7) is 3.41. The molecule has 1 fully saturated rings. The van der Waals surface area contributed by atoms with Gasteiger partial charge in [-0.05, 0) is 46.5 Å². The maximum atomic E-state index is 12.0. The molecule has 2 N–H and O–H groups in total. The van der Waals surface area contributed by atoms with Crippen LogP contribution in [0.4, 0.5) is 4.79 Å². The monoisotopic (exact) mass is 349 g/mol. The number of likely N-dealkylation sites (tertiary alicyclic amines) is 1. The Morgan fingerprint density at radius 1 is 1.26 bits per heavy atom. The van der Waals surface area contributed by atoms with Crippen LogP contribution in [0.1, 0.15) is 17.5 Å². The third-order valence-electron chi connectivity index (χ3n) is 3.96. The predicted molar refractivity (Wildman–Crippen MR) is 94.8 cm³/mol. The Morgan fingerprint density at radius 3 is 2.83 bits per heavy atom. The van der Waals surface area contributed by atoms with Crippen molar-refractivity contribution in [1.29, 1.82) is 0 Å². The van der Waals surface area contributed by atoms with Crippen molar-refractivity contribution in [1.82, 2.24) is 15.5 Å². The van der Waals surface area contributed by atoms with Gasteiger partial charge in [0, 0.05) is 37.2 Å². The van der Waals surface area contributed by atoms with Crippen molar-refractivity contribution in [3.8, 4) is 0 Å². The molecule has 1 aliphatic heterocycles. The average Bonchev–Trinajstić information content (AvgIpc) is 3.19. The van der Waals surface area contributed by atoms with Crippen LogP contribution in [-0.2, 0) is 13.1 Å². The molecule has 6 heteroatoms. The first-order chi connectivity index (χ1) is 11.2. The summed E-state index contributed by atoms with van der Waals surface area (Å²) in [6, 6.07) is 9.76. The van der Waals surface area contributed by atoms with E-state index in [9.17, 15) is 4.79 Å². The van der Waals surface area contributed by atoms with E-state index < -0.39 is 0 Å². The highest BCUT2D eigenvalue weighted by atomic mass is 35.5. The quantitative estimate of drug-likeness (QED) is 0.868. The van der Waals surface area contributed by atoms with Crippen LogP contribution in [0, 0.1) is 0 Å². The second kappa shape index (κ2) is 7.81. The van der Waals surface area contributed by atoms with Crippen LogP contribution in [0.3, 0.4) is 0 Å². The van der Waals surface area contributed by atoms with Crippen LogP contribution in [0.5, 0.6) is 0 Å². The molecule has 0 bridgehead atoms. The standard InChI is InChI=1S/C17H20ClN3OS/c18-15-3-1-13(2-4-15)9-19-17(22)20-16-5-7-21(11-16)10-14-6-8-23-12-14/h1-4,6,8,12,16H,5,7,9-11H2,(H2,19,20,22). The number of thiophene rings is 1. The second-order valence-electron chi connectivity index (χ2n) is 5.81. The minimum atomic E-state index is -0.109. The number of benzene rings is 1. The van der Waals surface area contributed by atoms with E-state index in [0.717, 1.165) is 31.6 Å². The average molecular weight is 350 g/mol. The molecule has 1 atom stereocenters. The fourth-order valence-electron chi connectivity index (χ4n) is 2.76. The lowest BCUT2D eigenvalue weighted by atomic mass is 10.2. The maximum absolute atomic E-state index is 12.0. The lowest BCUT2D eigenvalue weighted by Crippen LogP contribution is -2.43. The van der Waals surface area contributed by atoms with E-state index >= 15 is 0 Å². The van der Waals surface area contributed by atoms with Gasteiger partial charge >= 0.3 is 6.03 Å². The number of nitrogens with zero attached hydrogens (tertiary/aromatic N) is 1. The van der Waals surface area contributed by atoms with E-state index in [2.05, 4.69) is 32.4 Å². The molecular weight excluding hydrogens is 330 g/mol. The normalized spacial score (nSPS) is 18.0. The van der Waals surface area contributed by atoms with Crippen molar-refractivity contribution >= 4 is 29.0 Å². The number of amides is 2. The van der Waals surface area contributed by atoms with Crippen LogP contribution >= 0.6 is 22.9 Å². The first-order valence-corrected chi connectivity index (χ1v) is 9.03. The van der Waals surface area contributed by atoms with Crippen molar-refractivity contribution in [3.05, 3.63) is 57.2 Å². The molecule has 0 spiro atoms. The van der Waals surface area contributed by atoms with Crippen LogP contribution in [0.25, 0.3) is 0 Å². The Morgan fingerprint density at radius 2 is 2.09 bits per heavy atom. The number of urea groups is 1. The van der Waals surface area contributed by atoms with Gasteiger partial charge in [-0.3, -0.25) is 4.90 Å².